The van der Waals surface area contributed by atoms with Gasteiger partial charge in [-0.1, -0.05) is 34.5 Å². The van der Waals surface area contributed by atoms with Crippen LogP contribution >= 0.6 is 27.5 Å². The van der Waals surface area contributed by atoms with Crippen LogP contribution in [0.5, 0.6) is 0 Å². The van der Waals surface area contributed by atoms with Crippen molar-refractivity contribution in [3.05, 3.63) is 23.4 Å². The number of pyridine rings is 1. The molecule has 0 fully saturated rings. The molecule has 0 amide bonds. The van der Waals surface area contributed by atoms with Crippen LogP contribution < -0.4 is 4.90 Å². The number of halogens is 2. The molecule has 1 rings (SSSR count). The molecular formula is C10H14BrClN2. The topological polar surface area (TPSA) is 16.1 Å². The fourth-order valence-electron chi connectivity index (χ4n) is 1.14. The largest absolute Gasteiger partial charge is 0.358 e. The first-order valence-electron chi connectivity index (χ1n) is 4.57. The molecule has 0 saturated heterocycles. The summed E-state index contributed by atoms with van der Waals surface area (Å²) in [5.41, 5.74) is 0. The van der Waals surface area contributed by atoms with Gasteiger partial charge in [0.2, 0.25) is 0 Å². The summed E-state index contributed by atoms with van der Waals surface area (Å²) in [5, 5.41) is 0.706. The minimum absolute atomic E-state index is 0.521. The molecule has 0 spiro atoms. The minimum atomic E-state index is 0.521. The van der Waals surface area contributed by atoms with Crippen molar-refractivity contribution in [2.75, 3.05) is 18.5 Å². The molecule has 0 aromatic carbocycles. The van der Waals surface area contributed by atoms with Crippen molar-refractivity contribution in [2.24, 2.45) is 0 Å². The van der Waals surface area contributed by atoms with Crippen molar-refractivity contribution >= 4 is 33.3 Å². The molecule has 1 heterocycles. The summed E-state index contributed by atoms with van der Waals surface area (Å²) in [6, 6.07) is 3.70. The van der Waals surface area contributed by atoms with E-state index in [1.54, 1.807) is 6.20 Å². The Morgan fingerprint density at radius 1 is 1.64 bits per heavy atom. The van der Waals surface area contributed by atoms with Gasteiger partial charge >= 0.3 is 0 Å². The summed E-state index contributed by atoms with van der Waals surface area (Å²) >= 11 is 9.53. The predicted molar refractivity (Wildman–Crippen MR) is 65.5 cm³/mol. The number of hydrogen-bond acceptors (Lipinski definition) is 2. The highest BCUT2D eigenvalue weighted by Crippen LogP contribution is 2.21. The normalized spacial score (nSPS) is 12.6. The monoisotopic (exact) mass is 276 g/mol. The molecule has 0 bridgehead atoms. The third-order valence-electron chi connectivity index (χ3n) is 1.96. The zero-order valence-electron chi connectivity index (χ0n) is 8.37. The first kappa shape index (κ1) is 11.8. The van der Waals surface area contributed by atoms with Crippen molar-refractivity contribution in [1.29, 1.82) is 0 Å². The smallest absolute Gasteiger partial charge is 0.147 e. The molecule has 0 aliphatic heterocycles. The molecule has 1 atom stereocenters. The molecular weight excluding hydrogens is 263 g/mol. The van der Waals surface area contributed by atoms with E-state index in [0.29, 0.717) is 9.85 Å². The van der Waals surface area contributed by atoms with E-state index in [4.69, 9.17) is 11.6 Å². The summed E-state index contributed by atoms with van der Waals surface area (Å²) in [6.07, 6.45) is 2.83. The summed E-state index contributed by atoms with van der Waals surface area (Å²) in [7, 11) is 2.00. The zero-order chi connectivity index (χ0) is 10.6. The van der Waals surface area contributed by atoms with Crippen LogP contribution in [-0.2, 0) is 0 Å². The van der Waals surface area contributed by atoms with Crippen molar-refractivity contribution in [3.63, 3.8) is 0 Å². The Kier molecular flexibility index (Phi) is 4.69. The van der Waals surface area contributed by atoms with Gasteiger partial charge in [-0.25, -0.2) is 4.98 Å². The number of rotatable bonds is 4. The molecule has 14 heavy (non-hydrogen) atoms. The number of anilines is 1. The summed E-state index contributed by atoms with van der Waals surface area (Å²) in [5.74, 6) is 0.849. The first-order chi connectivity index (χ1) is 6.61. The number of hydrogen-bond donors (Lipinski definition) is 0. The van der Waals surface area contributed by atoms with Gasteiger partial charge < -0.3 is 4.90 Å². The van der Waals surface area contributed by atoms with Gasteiger partial charge in [0.15, 0.2) is 0 Å². The van der Waals surface area contributed by atoms with Crippen LogP contribution in [0.3, 0.4) is 0 Å². The average Bonchev–Trinajstić information content (AvgIpc) is 2.15. The molecule has 0 saturated carbocycles. The van der Waals surface area contributed by atoms with Crippen molar-refractivity contribution in [1.82, 2.24) is 4.98 Å². The lowest BCUT2D eigenvalue weighted by Crippen LogP contribution is -2.21. The maximum Gasteiger partial charge on any atom is 0.147 e. The summed E-state index contributed by atoms with van der Waals surface area (Å²) in [6.45, 7) is 3.08. The first-order valence-corrected chi connectivity index (χ1v) is 5.86. The van der Waals surface area contributed by atoms with Gasteiger partial charge in [0.05, 0.1) is 5.02 Å². The maximum absolute atomic E-state index is 6.02. The van der Waals surface area contributed by atoms with Crippen molar-refractivity contribution in [3.8, 4) is 0 Å². The van der Waals surface area contributed by atoms with E-state index < -0.39 is 0 Å². The molecule has 1 unspecified atom stereocenters. The van der Waals surface area contributed by atoms with Gasteiger partial charge in [0.1, 0.15) is 5.82 Å². The molecule has 0 N–H and O–H groups in total. The van der Waals surface area contributed by atoms with E-state index in [2.05, 4.69) is 32.7 Å². The molecule has 4 heteroatoms. The second kappa shape index (κ2) is 5.56. The van der Waals surface area contributed by atoms with Gasteiger partial charge in [0.25, 0.3) is 0 Å². The minimum Gasteiger partial charge on any atom is -0.358 e. The van der Waals surface area contributed by atoms with Gasteiger partial charge in [-0.15, -0.1) is 0 Å². The Morgan fingerprint density at radius 3 is 2.93 bits per heavy atom. The van der Waals surface area contributed by atoms with Gasteiger partial charge in [-0.2, -0.15) is 0 Å². The van der Waals surface area contributed by atoms with Gasteiger partial charge in [-0.3, -0.25) is 0 Å². The molecule has 0 aliphatic carbocycles. The lowest BCUT2D eigenvalue weighted by atomic mass is 10.3. The SMILES string of the molecule is CC(Br)CCN(C)c1ncccc1Cl. The van der Waals surface area contributed by atoms with Crippen LogP contribution in [0, 0.1) is 0 Å². The molecule has 0 radical (unpaired) electrons. The highest BCUT2D eigenvalue weighted by atomic mass is 79.9. The Bertz CT molecular complexity index is 291. The lowest BCUT2D eigenvalue weighted by molar-refractivity contribution is 0.779. The summed E-state index contributed by atoms with van der Waals surface area (Å²) < 4.78 is 0. The van der Waals surface area contributed by atoms with Crippen LogP contribution in [0.15, 0.2) is 18.3 Å². The quantitative estimate of drug-likeness (QED) is 0.785. The predicted octanol–water partition coefficient (Wildman–Crippen LogP) is 3.34. The van der Waals surface area contributed by atoms with E-state index in [0.717, 1.165) is 18.8 Å². The maximum atomic E-state index is 6.02. The van der Waals surface area contributed by atoms with Crippen LogP contribution in [0.25, 0.3) is 0 Å². The summed E-state index contributed by atoms with van der Waals surface area (Å²) in [4.78, 5) is 6.83. The lowest BCUT2D eigenvalue weighted by Gasteiger charge is -2.19. The van der Waals surface area contributed by atoms with E-state index in [1.165, 1.54) is 0 Å². The van der Waals surface area contributed by atoms with Crippen LogP contribution in [0.1, 0.15) is 13.3 Å². The van der Waals surface area contributed by atoms with Crippen molar-refractivity contribution < 1.29 is 0 Å². The third kappa shape index (κ3) is 3.46. The average molecular weight is 278 g/mol. The van der Waals surface area contributed by atoms with Gasteiger partial charge in [-0.05, 0) is 18.6 Å². The second-order valence-corrected chi connectivity index (χ2v) is 5.27. The van der Waals surface area contributed by atoms with Crippen molar-refractivity contribution in [2.45, 2.75) is 18.2 Å². The number of alkyl halides is 1. The van der Waals surface area contributed by atoms with Crippen LogP contribution in [-0.4, -0.2) is 23.4 Å². The highest BCUT2D eigenvalue weighted by Gasteiger charge is 2.07. The number of nitrogens with zero attached hydrogens (tertiary/aromatic N) is 2. The Morgan fingerprint density at radius 2 is 2.36 bits per heavy atom. The van der Waals surface area contributed by atoms with Crippen LogP contribution in [0.4, 0.5) is 5.82 Å². The Hall–Kier alpha value is -0.280. The molecule has 1 aromatic heterocycles. The fraction of sp³-hybridized carbons (Fsp3) is 0.500. The zero-order valence-corrected chi connectivity index (χ0v) is 10.7. The Balaban J connectivity index is 2.60. The molecule has 0 aliphatic rings. The second-order valence-electron chi connectivity index (χ2n) is 3.30. The Labute approximate surface area is 98.4 Å². The van der Waals surface area contributed by atoms with E-state index in [-0.39, 0.29) is 0 Å². The third-order valence-corrected chi connectivity index (χ3v) is 2.72. The van der Waals surface area contributed by atoms with Gasteiger partial charge in [0, 0.05) is 24.6 Å². The van der Waals surface area contributed by atoms with Crippen LogP contribution in [0.2, 0.25) is 5.02 Å². The van der Waals surface area contributed by atoms with E-state index in [9.17, 15) is 0 Å². The van der Waals surface area contributed by atoms with E-state index >= 15 is 0 Å². The number of aromatic nitrogens is 1. The molecule has 1 aromatic rings. The standard InChI is InChI=1S/C10H14BrClN2/c1-8(11)5-7-14(2)10-9(12)4-3-6-13-10/h3-4,6,8H,5,7H2,1-2H3. The molecule has 2 nitrogen and oxygen atoms in total. The fourth-order valence-corrected chi connectivity index (χ4v) is 1.61. The highest BCUT2D eigenvalue weighted by molar-refractivity contribution is 9.09. The molecule has 78 valence electrons. The van der Waals surface area contributed by atoms with E-state index in [1.807, 2.05) is 19.2 Å².